The van der Waals surface area contributed by atoms with Crippen LogP contribution < -0.4 is 9.80 Å². The SMILES string of the molecule is CN(c1ccccc1)c1ccc(/C=C/C=C/c2ccc(N(C)c3ccccc3)c3ccccc23)cc1. The van der Waals surface area contributed by atoms with Crippen LogP contribution in [0.25, 0.3) is 22.9 Å². The summed E-state index contributed by atoms with van der Waals surface area (Å²) in [7, 11) is 4.22. The lowest BCUT2D eigenvalue weighted by Gasteiger charge is -2.22. The Labute approximate surface area is 214 Å². The second kappa shape index (κ2) is 10.8. The molecule has 0 saturated carbocycles. The third kappa shape index (κ3) is 5.08. The third-order valence-electron chi connectivity index (χ3n) is 6.54. The molecular formula is C34H30N2. The molecule has 0 aromatic heterocycles. The number of anilines is 4. The maximum Gasteiger partial charge on any atom is 0.0488 e. The Hall–Kier alpha value is -4.56. The van der Waals surface area contributed by atoms with Crippen LogP contribution in [-0.2, 0) is 0 Å². The monoisotopic (exact) mass is 466 g/mol. The van der Waals surface area contributed by atoms with E-state index in [2.05, 4.69) is 157 Å². The lowest BCUT2D eigenvalue weighted by atomic mass is 10.0. The number of nitrogens with zero attached hydrogens (tertiary/aromatic N) is 2. The Morgan fingerprint density at radius 1 is 0.444 bits per heavy atom. The van der Waals surface area contributed by atoms with E-state index in [1.807, 2.05) is 12.1 Å². The van der Waals surface area contributed by atoms with Crippen molar-refractivity contribution < 1.29 is 0 Å². The van der Waals surface area contributed by atoms with Gasteiger partial charge in [-0.05, 0) is 59.0 Å². The van der Waals surface area contributed by atoms with Crippen molar-refractivity contribution in [2.24, 2.45) is 0 Å². The van der Waals surface area contributed by atoms with Crippen molar-refractivity contribution in [3.63, 3.8) is 0 Å². The van der Waals surface area contributed by atoms with Gasteiger partial charge in [-0.3, -0.25) is 0 Å². The van der Waals surface area contributed by atoms with E-state index in [0.717, 1.165) is 0 Å². The van der Waals surface area contributed by atoms with Crippen LogP contribution in [0.3, 0.4) is 0 Å². The van der Waals surface area contributed by atoms with Gasteiger partial charge >= 0.3 is 0 Å². The Kier molecular flexibility index (Phi) is 6.95. The molecule has 0 N–H and O–H groups in total. The van der Waals surface area contributed by atoms with Crippen LogP contribution in [0.1, 0.15) is 11.1 Å². The molecule has 2 heteroatoms. The Morgan fingerprint density at radius 2 is 0.972 bits per heavy atom. The highest BCUT2D eigenvalue weighted by Gasteiger charge is 2.09. The topological polar surface area (TPSA) is 6.48 Å². The Morgan fingerprint density at radius 3 is 1.64 bits per heavy atom. The van der Waals surface area contributed by atoms with Crippen molar-refractivity contribution in [3.05, 3.63) is 145 Å². The molecule has 176 valence electrons. The smallest absolute Gasteiger partial charge is 0.0488 e. The van der Waals surface area contributed by atoms with Crippen LogP contribution in [-0.4, -0.2) is 14.1 Å². The first-order valence-corrected chi connectivity index (χ1v) is 12.2. The molecule has 5 aromatic carbocycles. The highest BCUT2D eigenvalue weighted by atomic mass is 15.1. The quantitative estimate of drug-likeness (QED) is 0.221. The van der Waals surface area contributed by atoms with Gasteiger partial charge in [0.2, 0.25) is 0 Å². The van der Waals surface area contributed by atoms with E-state index in [4.69, 9.17) is 0 Å². The number of hydrogen-bond acceptors (Lipinski definition) is 2. The van der Waals surface area contributed by atoms with E-state index in [9.17, 15) is 0 Å². The van der Waals surface area contributed by atoms with Crippen molar-refractivity contribution in [1.29, 1.82) is 0 Å². The fourth-order valence-electron chi connectivity index (χ4n) is 4.47. The summed E-state index contributed by atoms with van der Waals surface area (Å²) in [4.78, 5) is 4.44. The molecule has 5 aromatic rings. The van der Waals surface area contributed by atoms with E-state index >= 15 is 0 Å². The second-order valence-corrected chi connectivity index (χ2v) is 8.82. The second-order valence-electron chi connectivity index (χ2n) is 8.82. The molecule has 0 aliphatic heterocycles. The molecule has 0 aliphatic carbocycles. The molecule has 36 heavy (non-hydrogen) atoms. The summed E-state index contributed by atoms with van der Waals surface area (Å²) in [6, 6.07) is 42.5. The summed E-state index contributed by atoms with van der Waals surface area (Å²) in [6.45, 7) is 0. The van der Waals surface area contributed by atoms with Crippen LogP contribution in [0.5, 0.6) is 0 Å². The molecule has 0 bridgehead atoms. The van der Waals surface area contributed by atoms with Gasteiger partial charge in [-0.15, -0.1) is 0 Å². The molecule has 0 atom stereocenters. The summed E-state index contributed by atoms with van der Waals surface area (Å²) in [5.41, 5.74) is 7.10. The Balaban J connectivity index is 1.33. The van der Waals surface area contributed by atoms with E-state index in [0.29, 0.717) is 0 Å². The molecular weight excluding hydrogens is 436 g/mol. The zero-order chi connectivity index (χ0) is 24.7. The van der Waals surface area contributed by atoms with Gasteiger partial charge < -0.3 is 9.80 Å². The minimum atomic E-state index is 1.17. The third-order valence-corrected chi connectivity index (χ3v) is 6.54. The molecule has 0 amide bonds. The number of benzene rings is 5. The van der Waals surface area contributed by atoms with Crippen molar-refractivity contribution in [2.75, 3.05) is 23.9 Å². The van der Waals surface area contributed by atoms with Crippen molar-refractivity contribution in [1.82, 2.24) is 0 Å². The summed E-state index contributed by atoms with van der Waals surface area (Å²) in [5, 5.41) is 2.49. The van der Waals surface area contributed by atoms with E-state index in [-0.39, 0.29) is 0 Å². The van der Waals surface area contributed by atoms with Crippen molar-refractivity contribution in [2.45, 2.75) is 0 Å². The van der Waals surface area contributed by atoms with Crippen LogP contribution in [0, 0.1) is 0 Å². The van der Waals surface area contributed by atoms with E-state index in [1.165, 1.54) is 44.6 Å². The zero-order valence-corrected chi connectivity index (χ0v) is 20.8. The average Bonchev–Trinajstić information content (AvgIpc) is 2.96. The summed E-state index contributed by atoms with van der Waals surface area (Å²) in [5.74, 6) is 0. The van der Waals surface area contributed by atoms with Crippen LogP contribution in [0.15, 0.2) is 133 Å². The molecule has 0 radical (unpaired) electrons. The highest BCUT2D eigenvalue weighted by Crippen LogP contribution is 2.33. The predicted molar refractivity (Wildman–Crippen MR) is 157 cm³/mol. The predicted octanol–water partition coefficient (Wildman–Crippen LogP) is 9.10. The normalized spacial score (nSPS) is 11.4. The first-order valence-electron chi connectivity index (χ1n) is 12.2. The van der Waals surface area contributed by atoms with Gasteiger partial charge in [0.05, 0.1) is 0 Å². The van der Waals surface area contributed by atoms with Gasteiger partial charge in [0.1, 0.15) is 0 Å². The summed E-state index contributed by atoms with van der Waals surface area (Å²) >= 11 is 0. The number of allylic oxidation sites excluding steroid dienone is 2. The van der Waals surface area contributed by atoms with E-state index in [1.54, 1.807) is 0 Å². The lowest BCUT2D eigenvalue weighted by Crippen LogP contribution is -2.09. The molecule has 0 unspecified atom stereocenters. The fraction of sp³-hybridized carbons (Fsp3) is 0.0588. The molecule has 0 saturated heterocycles. The van der Waals surface area contributed by atoms with Crippen molar-refractivity contribution in [3.8, 4) is 0 Å². The van der Waals surface area contributed by atoms with Crippen LogP contribution in [0.2, 0.25) is 0 Å². The van der Waals surface area contributed by atoms with Gasteiger partial charge in [-0.2, -0.15) is 0 Å². The van der Waals surface area contributed by atoms with Gasteiger partial charge in [0.25, 0.3) is 0 Å². The largest absolute Gasteiger partial charge is 0.345 e. The molecule has 0 aliphatic rings. The summed E-state index contributed by atoms with van der Waals surface area (Å²) < 4.78 is 0. The van der Waals surface area contributed by atoms with Crippen LogP contribution >= 0.6 is 0 Å². The maximum absolute atomic E-state index is 2.24. The number of rotatable bonds is 7. The van der Waals surface area contributed by atoms with Gasteiger partial charge in [0.15, 0.2) is 0 Å². The zero-order valence-electron chi connectivity index (χ0n) is 20.8. The minimum absolute atomic E-state index is 1.17. The van der Waals surface area contributed by atoms with Crippen molar-refractivity contribution >= 4 is 45.7 Å². The standard InChI is InChI=1S/C34H30N2/c1-35(29-15-5-3-6-16-29)31-24-21-27(22-25-31)13-9-10-14-28-23-26-34(33-20-12-11-19-32(28)33)36(2)30-17-7-4-8-18-30/h3-26H,1-2H3/b13-9+,14-10+. The number of fused-ring (bicyclic) bond motifs is 1. The van der Waals surface area contributed by atoms with Crippen LogP contribution in [0.4, 0.5) is 22.7 Å². The molecule has 0 fully saturated rings. The van der Waals surface area contributed by atoms with E-state index < -0.39 is 0 Å². The van der Waals surface area contributed by atoms with Gasteiger partial charge in [0, 0.05) is 42.2 Å². The first kappa shape index (κ1) is 23.2. The molecule has 2 nitrogen and oxygen atoms in total. The lowest BCUT2D eigenvalue weighted by molar-refractivity contribution is 1.21. The summed E-state index contributed by atoms with van der Waals surface area (Å²) in [6.07, 6.45) is 8.55. The molecule has 0 spiro atoms. The van der Waals surface area contributed by atoms with Gasteiger partial charge in [-0.1, -0.05) is 103 Å². The highest BCUT2D eigenvalue weighted by molar-refractivity contribution is 6.00. The fourth-order valence-corrected chi connectivity index (χ4v) is 4.47. The average molecular weight is 467 g/mol. The first-order chi connectivity index (χ1) is 17.7. The maximum atomic E-state index is 2.24. The molecule has 0 heterocycles. The number of hydrogen-bond donors (Lipinski definition) is 0. The minimum Gasteiger partial charge on any atom is -0.345 e. The van der Waals surface area contributed by atoms with Gasteiger partial charge in [-0.25, -0.2) is 0 Å². The Bertz CT molecular complexity index is 1480. The number of para-hydroxylation sites is 2. The molecule has 5 rings (SSSR count).